The fraction of sp³-hybridized carbons (Fsp3) is 0.500. The Morgan fingerprint density at radius 1 is 1.39 bits per heavy atom. The first kappa shape index (κ1) is 20.0. The lowest BCUT2D eigenvalue weighted by Gasteiger charge is -2.32. The van der Waals surface area contributed by atoms with Crippen molar-refractivity contribution in [1.82, 2.24) is 14.8 Å². The molecule has 2 aromatic heterocycles. The molecule has 2 aromatic rings. The van der Waals surface area contributed by atoms with Gasteiger partial charge in [-0.1, -0.05) is 11.3 Å². The number of hydrogen-bond donors (Lipinski definition) is 1. The van der Waals surface area contributed by atoms with Crippen LogP contribution in [0, 0.1) is 12.8 Å². The molecule has 1 amide bonds. The van der Waals surface area contributed by atoms with E-state index in [1.165, 1.54) is 10.7 Å². The molecule has 1 N–H and O–H groups in total. The third-order valence-corrected chi connectivity index (χ3v) is 5.60. The fourth-order valence-electron chi connectivity index (χ4n) is 3.10. The standard InChI is InChI=1S/C18H23N5O4S/c1-4-27-17(26)15-11(2)19-18(28-15)20-16(25)12-6-5-9-23(10-12)13-7-8-14(24)22(3)21-13/h7-8,12H,4-6,9-10H2,1-3H3,(H,19,20,25). The van der Waals surface area contributed by atoms with Gasteiger partial charge in [-0.15, -0.1) is 0 Å². The fourth-order valence-corrected chi connectivity index (χ4v) is 3.96. The summed E-state index contributed by atoms with van der Waals surface area (Å²) in [7, 11) is 1.60. The van der Waals surface area contributed by atoms with Crippen LogP contribution in [0.2, 0.25) is 0 Å². The average Bonchev–Trinajstić information content (AvgIpc) is 3.04. The van der Waals surface area contributed by atoms with Crippen molar-refractivity contribution >= 4 is 34.2 Å². The van der Waals surface area contributed by atoms with Crippen molar-refractivity contribution in [1.29, 1.82) is 0 Å². The third kappa shape index (κ3) is 4.38. The van der Waals surface area contributed by atoms with Crippen LogP contribution in [0.15, 0.2) is 16.9 Å². The van der Waals surface area contributed by atoms with Crippen molar-refractivity contribution in [3.63, 3.8) is 0 Å². The molecule has 28 heavy (non-hydrogen) atoms. The molecule has 0 saturated carbocycles. The molecular weight excluding hydrogens is 382 g/mol. The SMILES string of the molecule is CCOC(=O)c1sc(NC(=O)C2CCCN(c3ccc(=O)n(C)n3)C2)nc1C. The summed E-state index contributed by atoms with van der Waals surface area (Å²) in [5, 5.41) is 7.48. The molecule has 1 aliphatic heterocycles. The van der Waals surface area contributed by atoms with Gasteiger partial charge in [-0.25, -0.2) is 14.5 Å². The summed E-state index contributed by atoms with van der Waals surface area (Å²) in [6.07, 6.45) is 1.59. The summed E-state index contributed by atoms with van der Waals surface area (Å²) in [5.41, 5.74) is 0.366. The van der Waals surface area contributed by atoms with Gasteiger partial charge < -0.3 is 15.0 Å². The van der Waals surface area contributed by atoms with Crippen LogP contribution in [-0.4, -0.2) is 46.3 Å². The molecule has 3 heterocycles. The highest BCUT2D eigenvalue weighted by Gasteiger charge is 2.28. The van der Waals surface area contributed by atoms with E-state index in [9.17, 15) is 14.4 Å². The first-order valence-corrected chi connectivity index (χ1v) is 9.95. The quantitative estimate of drug-likeness (QED) is 0.753. The predicted molar refractivity (Wildman–Crippen MR) is 106 cm³/mol. The van der Waals surface area contributed by atoms with E-state index >= 15 is 0 Å². The van der Waals surface area contributed by atoms with Crippen molar-refractivity contribution in [2.75, 3.05) is 29.9 Å². The molecule has 0 radical (unpaired) electrons. The second kappa shape index (κ2) is 8.51. The maximum absolute atomic E-state index is 12.7. The van der Waals surface area contributed by atoms with Crippen molar-refractivity contribution in [3.8, 4) is 0 Å². The normalized spacial score (nSPS) is 16.7. The van der Waals surface area contributed by atoms with E-state index in [-0.39, 0.29) is 24.0 Å². The number of ether oxygens (including phenoxy) is 1. The van der Waals surface area contributed by atoms with Crippen molar-refractivity contribution in [3.05, 3.63) is 33.1 Å². The maximum Gasteiger partial charge on any atom is 0.350 e. The van der Waals surface area contributed by atoms with Gasteiger partial charge in [-0.05, 0) is 32.8 Å². The molecule has 1 aliphatic rings. The number of aryl methyl sites for hydroxylation is 2. The van der Waals surface area contributed by atoms with Crippen LogP contribution in [0.5, 0.6) is 0 Å². The van der Waals surface area contributed by atoms with Crippen LogP contribution in [0.1, 0.15) is 35.1 Å². The minimum Gasteiger partial charge on any atom is -0.462 e. The Balaban J connectivity index is 1.67. The van der Waals surface area contributed by atoms with E-state index in [1.54, 1.807) is 27.0 Å². The van der Waals surface area contributed by atoms with Gasteiger partial charge in [-0.2, -0.15) is 5.10 Å². The Hall–Kier alpha value is -2.75. The molecule has 3 rings (SSSR count). The zero-order valence-electron chi connectivity index (χ0n) is 16.1. The minimum atomic E-state index is -0.428. The predicted octanol–water partition coefficient (Wildman–Crippen LogP) is 1.58. The molecule has 0 aliphatic carbocycles. The second-order valence-electron chi connectivity index (χ2n) is 6.58. The highest BCUT2D eigenvalue weighted by molar-refractivity contribution is 7.17. The molecule has 1 saturated heterocycles. The monoisotopic (exact) mass is 405 g/mol. The van der Waals surface area contributed by atoms with E-state index in [1.807, 2.05) is 4.90 Å². The Bertz CT molecular complexity index is 938. The number of hydrogen-bond acceptors (Lipinski definition) is 8. The van der Waals surface area contributed by atoms with Crippen LogP contribution >= 0.6 is 11.3 Å². The molecule has 1 unspecified atom stereocenters. The second-order valence-corrected chi connectivity index (χ2v) is 7.58. The largest absolute Gasteiger partial charge is 0.462 e. The van der Waals surface area contributed by atoms with Gasteiger partial charge in [0.15, 0.2) is 5.13 Å². The lowest BCUT2D eigenvalue weighted by molar-refractivity contribution is -0.120. The van der Waals surface area contributed by atoms with Gasteiger partial charge in [-0.3, -0.25) is 9.59 Å². The van der Waals surface area contributed by atoms with Gasteiger partial charge in [0.2, 0.25) is 5.91 Å². The summed E-state index contributed by atoms with van der Waals surface area (Å²) in [6, 6.07) is 3.15. The zero-order chi connectivity index (χ0) is 20.3. The highest BCUT2D eigenvalue weighted by Crippen LogP contribution is 2.26. The summed E-state index contributed by atoms with van der Waals surface area (Å²) < 4.78 is 6.29. The van der Waals surface area contributed by atoms with Crippen LogP contribution in [0.4, 0.5) is 10.9 Å². The number of aromatic nitrogens is 3. The molecule has 10 heteroatoms. The lowest BCUT2D eigenvalue weighted by Crippen LogP contribution is -2.41. The highest BCUT2D eigenvalue weighted by atomic mass is 32.1. The number of nitrogens with one attached hydrogen (secondary N) is 1. The molecule has 9 nitrogen and oxygen atoms in total. The molecular formula is C18H23N5O4S. The van der Waals surface area contributed by atoms with Crippen molar-refractivity contribution in [2.45, 2.75) is 26.7 Å². The van der Waals surface area contributed by atoms with Crippen LogP contribution in [0.25, 0.3) is 0 Å². The van der Waals surface area contributed by atoms with Crippen LogP contribution in [0.3, 0.4) is 0 Å². The summed E-state index contributed by atoms with van der Waals surface area (Å²) in [4.78, 5) is 42.8. The molecule has 1 atom stereocenters. The van der Waals surface area contributed by atoms with E-state index in [0.29, 0.717) is 28.1 Å². The molecule has 1 fully saturated rings. The number of thiazole rings is 1. The summed E-state index contributed by atoms with van der Waals surface area (Å²) >= 11 is 1.12. The average molecular weight is 405 g/mol. The number of carbonyl (C=O) groups is 2. The van der Waals surface area contributed by atoms with Gasteiger partial charge >= 0.3 is 5.97 Å². The Morgan fingerprint density at radius 3 is 2.89 bits per heavy atom. The molecule has 150 valence electrons. The number of piperidine rings is 1. The van der Waals surface area contributed by atoms with Gasteiger partial charge in [0.05, 0.1) is 18.2 Å². The first-order valence-electron chi connectivity index (χ1n) is 9.13. The lowest BCUT2D eigenvalue weighted by atomic mass is 9.97. The number of amides is 1. The first-order chi connectivity index (χ1) is 13.4. The van der Waals surface area contributed by atoms with Crippen LogP contribution < -0.4 is 15.8 Å². The number of nitrogens with zero attached hydrogens (tertiary/aromatic N) is 4. The minimum absolute atomic E-state index is 0.140. The van der Waals surface area contributed by atoms with Gasteiger partial charge in [0.1, 0.15) is 10.7 Å². The van der Waals surface area contributed by atoms with Crippen molar-refractivity contribution in [2.24, 2.45) is 13.0 Å². The van der Waals surface area contributed by atoms with Crippen LogP contribution in [-0.2, 0) is 16.6 Å². The molecule has 0 spiro atoms. The Labute approximate surface area is 166 Å². The Kier molecular flexibility index (Phi) is 6.08. The summed E-state index contributed by atoms with van der Waals surface area (Å²) in [6.45, 7) is 5.02. The zero-order valence-corrected chi connectivity index (χ0v) is 16.9. The maximum atomic E-state index is 12.7. The van der Waals surface area contributed by atoms with Gasteiger partial charge in [0.25, 0.3) is 5.56 Å². The van der Waals surface area contributed by atoms with Crippen molar-refractivity contribution < 1.29 is 14.3 Å². The summed E-state index contributed by atoms with van der Waals surface area (Å²) in [5.74, 6) is -0.126. The smallest absolute Gasteiger partial charge is 0.350 e. The van der Waals surface area contributed by atoms with Gasteiger partial charge in [0, 0.05) is 26.2 Å². The van der Waals surface area contributed by atoms with E-state index in [4.69, 9.17) is 4.74 Å². The number of anilines is 2. The van der Waals surface area contributed by atoms with E-state index in [2.05, 4.69) is 15.4 Å². The van der Waals surface area contributed by atoms with E-state index < -0.39 is 5.97 Å². The topological polar surface area (TPSA) is 106 Å². The van der Waals surface area contributed by atoms with E-state index in [0.717, 1.165) is 30.7 Å². The molecule has 0 bridgehead atoms. The molecule has 0 aromatic carbocycles. The Morgan fingerprint density at radius 2 is 2.18 bits per heavy atom. The third-order valence-electron chi connectivity index (χ3n) is 4.55. The number of rotatable bonds is 5. The number of carbonyl (C=O) groups excluding carboxylic acids is 2. The number of esters is 1.